The van der Waals surface area contributed by atoms with Crippen molar-refractivity contribution in [2.24, 2.45) is 5.92 Å². The molecule has 2 rings (SSSR count). The van der Waals surface area contributed by atoms with Gasteiger partial charge in [0, 0.05) is 32.6 Å². The van der Waals surface area contributed by atoms with Crippen LogP contribution in [0, 0.1) is 5.92 Å². The van der Waals surface area contributed by atoms with Gasteiger partial charge < -0.3 is 9.64 Å². The van der Waals surface area contributed by atoms with E-state index in [9.17, 15) is 4.79 Å². The molecule has 2 heterocycles. The minimum Gasteiger partial charge on any atom is -0.377 e. The van der Waals surface area contributed by atoms with E-state index in [1.807, 2.05) is 19.2 Å². The van der Waals surface area contributed by atoms with Crippen molar-refractivity contribution in [2.45, 2.75) is 38.8 Å². The molecule has 1 saturated heterocycles. The first-order valence-corrected chi connectivity index (χ1v) is 6.98. The van der Waals surface area contributed by atoms with E-state index in [1.54, 1.807) is 17.3 Å². The molecule has 0 spiro atoms. The minimum atomic E-state index is 0.0191. The monoisotopic (exact) mass is 262 g/mol. The third-order valence-electron chi connectivity index (χ3n) is 3.71. The number of rotatable bonds is 4. The van der Waals surface area contributed by atoms with Crippen molar-refractivity contribution >= 4 is 5.91 Å². The van der Waals surface area contributed by atoms with E-state index in [4.69, 9.17) is 4.74 Å². The number of aromatic nitrogens is 1. The summed E-state index contributed by atoms with van der Waals surface area (Å²) in [6.07, 6.45) is 6.42. The first-order valence-electron chi connectivity index (χ1n) is 6.98. The lowest BCUT2D eigenvalue weighted by molar-refractivity contribution is -0.144. The van der Waals surface area contributed by atoms with Crippen LogP contribution in [0.4, 0.5) is 0 Å². The summed E-state index contributed by atoms with van der Waals surface area (Å²) in [5.74, 6) is 0.217. The second-order valence-electron chi connectivity index (χ2n) is 5.12. The van der Waals surface area contributed by atoms with Crippen LogP contribution in [0.5, 0.6) is 0 Å². The fourth-order valence-corrected chi connectivity index (χ4v) is 2.65. The number of carbonyl (C=O) groups is 1. The van der Waals surface area contributed by atoms with Crippen LogP contribution in [0.25, 0.3) is 0 Å². The molecule has 1 aliphatic heterocycles. The van der Waals surface area contributed by atoms with Gasteiger partial charge in [0.15, 0.2) is 0 Å². The maximum Gasteiger partial charge on any atom is 0.228 e. The summed E-state index contributed by atoms with van der Waals surface area (Å²) in [5.41, 5.74) is 1.11. The zero-order valence-corrected chi connectivity index (χ0v) is 11.7. The number of ether oxygens (including phenoxy) is 1. The van der Waals surface area contributed by atoms with Gasteiger partial charge in [-0.15, -0.1) is 0 Å². The second-order valence-corrected chi connectivity index (χ2v) is 5.12. The summed E-state index contributed by atoms with van der Waals surface area (Å²) in [7, 11) is 1.87. The van der Waals surface area contributed by atoms with Crippen molar-refractivity contribution in [1.29, 1.82) is 0 Å². The van der Waals surface area contributed by atoms with Gasteiger partial charge in [-0.05, 0) is 37.0 Å². The zero-order valence-electron chi connectivity index (χ0n) is 11.7. The third-order valence-corrected chi connectivity index (χ3v) is 3.71. The van der Waals surface area contributed by atoms with Gasteiger partial charge in [0.05, 0.1) is 12.0 Å². The van der Waals surface area contributed by atoms with Crippen molar-refractivity contribution in [1.82, 2.24) is 9.88 Å². The lowest BCUT2D eigenvalue weighted by Gasteiger charge is -2.33. The van der Waals surface area contributed by atoms with Crippen molar-refractivity contribution in [3.63, 3.8) is 0 Å². The standard InChI is InChI=1S/C15H22N2O2/c1-3-14-13(5-4-10-19-14)15(18)17(2)11-12-6-8-16-9-7-12/h6-9,13-14H,3-5,10-11H2,1-2H3/t13-,14-/m0/s1. The van der Waals surface area contributed by atoms with Crippen molar-refractivity contribution in [3.8, 4) is 0 Å². The molecule has 0 bridgehead atoms. The van der Waals surface area contributed by atoms with Crippen molar-refractivity contribution in [3.05, 3.63) is 30.1 Å². The average molecular weight is 262 g/mol. The Kier molecular flexibility index (Phi) is 4.91. The molecule has 19 heavy (non-hydrogen) atoms. The summed E-state index contributed by atoms with van der Waals surface area (Å²) in [4.78, 5) is 18.3. The van der Waals surface area contributed by atoms with Crippen LogP contribution in [-0.2, 0) is 16.1 Å². The fourth-order valence-electron chi connectivity index (χ4n) is 2.65. The number of amides is 1. The molecule has 0 saturated carbocycles. The molecule has 104 valence electrons. The van der Waals surface area contributed by atoms with E-state index in [0.717, 1.165) is 31.4 Å². The van der Waals surface area contributed by atoms with E-state index in [1.165, 1.54) is 0 Å². The lowest BCUT2D eigenvalue weighted by atomic mass is 9.91. The highest BCUT2D eigenvalue weighted by Crippen LogP contribution is 2.25. The van der Waals surface area contributed by atoms with E-state index >= 15 is 0 Å². The molecule has 0 radical (unpaired) electrons. The Morgan fingerprint density at radius 1 is 1.47 bits per heavy atom. The topological polar surface area (TPSA) is 42.4 Å². The molecule has 4 nitrogen and oxygen atoms in total. The summed E-state index contributed by atoms with van der Waals surface area (Å²) in [6, 6.07) is 3.89. The minimum absolute atomic E-state index is 0.0191. The number of hydrogen-bond acceptors (Lipinski definition) is 3. The summed E-state index contributed by atoms with van der Waals surface area (Å²) >= 11 is 0. The fraction of sp³-hybridized carbons (Fsp3) is 0.600. The number of hydrogen-bond donors (Lipinski definition) is 0. The molecule has 1 aliphatic rings. The zero-order chi connectivity index (χ0) is 13.7. The van der Waals surface area contributed by atoms with Gasteiger partial charge >= 0.3 is 0 Å². The average Bonchev–Trinajstić information content (AvgIpc) is 2.47. The van der Waals surface area contributed by atoms with E-state index in [2.05, 4.69) is 11.9 Å². The molecule has 1 amide bonds. The number of carbonyl (C=O) groups excluding carboxylic acids is 1. The van der Waals surface area contributed by atoms with E-state index in [-0.39, 0.29) is 17.9 Å². The predicted molar refractivity (Wildman–Crippen MR) is 73.5 cm³/mol. The van der Waals surface area contributed by atoms with Crippen molar-refractivity contribution in [2.75, 3.05) is 13.7 Å². The van der Waals surface area contributed by atoms with Gasteiger partial charge in [0.1, 0.15) is 0 Å². The Labute approximate surface area is 114 Å². The molecule has 4 heteroatoms. The molecule has 1 fully saturated rings. The molecule has 1 aromatic rings. The Hall–Kier alpha value is -1.42. The van der Waals surface area contributed by atoms with Gasteiger partial charge in [0.25, 0.3) is 0 Å². The maximum absolute atomic E-state index is 12.5. The highest BCUT2D eigenvalue weighted by Gasteiger charge is 2.32. The van der Waals surface area contributed by atoms with E-state index < -0.39 is 0 Å². The number of nitrogens with zero attached hydrogens (tertiary/aromatic N) is 2. The van der Waals surface area contributed by atoms with Gasteiger partial charge in [-0.25, -0.2) is 0 Å². The quantitative estimate of drug-likeness (QED) is 0.835. The Bertz CT molecular complexity index is 408. The Morgan fingerprint density at radius 3 is 2.89 bits per heavy atom. The molecular weight excluding hydrogens is 240 g/mol. The van der Waals surface area contributed by atoms with Crippen LogP contribution in [-0.4, -0.2) is 35.5 Å². The largest absolute Gasteiger partial charge is 0.377 e. The Morgan fingerprint density at radius 2 is 2.21 bits per heavy atom. The van der Waals surface area contributed by atoms with Crippen LogP contribution in [0.3, 0.4) is 0 Å². The summed E-state index contributed by atoms with van der Waals surface area (Å²) in [5, 5.41) is 0. The van der Waals surface area contributed by atoms with Crippen LogP contribution in [0.15, 0.2) is 24.5 Å². The Balaban J connectivity index is 1.98. The van der Waals surface area contributed by atoms with Gasteiger partial charge in [-0.2, -0.15) is 0 Å². The maximum atomic E-state index is 12.5. The molecule has 2 atom stereocenters. The van der Waals surface area contributed by atoms with Crippen LogP contribution in [0.2, 0.25) is 0 Å². The van der Waals surface area contributed by atoms with Crippen LogP contribution >= 0.6 is 0 Å². The van der Waals surface area contributed by atoms with Crippen LogP contribution < -0.4 is 0 Å². The highest BCUT2D eigenvalue weighted by molar-refractivity contribution is 5.79. The normalized spacial score (nSPS) is 23.1. The number of pyridine rings is 1. The van der Waals surface area contributed by atoms with Crippen LogP contribution in [0.1, 0.15) is 31.7 Å². The molecule has 0 aromatic carbocycles. The molecule has 0 unspecified atom stereocenters. The summed E-state index contributed by atoms with van der Waals surface area (Å²) in [6.45, 7) is 3.50. The molecule has 0 N–H and O–H groups in total. The molecule has 0 aliphatic carbocycles. The summed E-state index contributed by atoms with van der Waals surface area (Å²) < 4.78 is 5.70. The SMILES string of the molecule is CC[C@@H]1OCCC[C@@H]1C(=O)N(C)Cc1ccncc1. The first-order chi connectivity index (χ1) is 9.22. The molecular formula is C15H22N2O2. The van der Waals surface area contributed by atoms with Gasteiger partial charge in [-0.1, -0.05) is 6.92 Å². The smallest absolute Gasteiger partial charge is 0.228 e. The first kappa shape index (κ1) is 14.0. The lowest BCUT2D eigenvalue weighted by Crippen LogP contribution is -2.41. The highest BCUT2D eigenvalue weighted by atomic mass is 16.5. The van der Waals surface area contributed by atoms with E-state index in [0.29, 0.717) is 6.54 Å². The van der Waals surface area contributed by atoms with Gasteiger partial charge in [-0.3, -0.25) is 9.78 Å². The van der Waals surface area contributed by atoms with Crippen molar-refractivity contribution < 1.29 is 9.53 Å². The predicted octanol–water partition coefficient (Wildman–Crippen LogP) is 2.25. The van der Waals surface area contributed by atoms with Gasteiger partial charge in [0.2, 0.25) is 5.91 Å². The third kappa shape index (κ3) is 3.53. The second kappa shape index (κ2) is 6.66. The molecule has 1 aromatic heterocycles.